The first-order chi connectivity index (χ1) is 5.83. The van der Waals surface area contributed by atoms with Gasteiger partial charge in [0.2, 0.25) is 0 Å². The molecule has 0 N–H and O–H groups in total. The summed E-state index contributed by atoms with van der Waals surface area (Å²) in [5, 5.41) is 12.8. The maximum atomic E-state index is 11.0. The van der Waals surface area contributed by atoms with E-state index in [1.165, 1.54) is 30.8 Å². The Bertz CT molecular complexity index is 151. The van der Waals surface area contributed by atoms with Crippen LogP contribution in [0.4, 0.5) is 0 Å². The molecular weight excluding hydrogens is 172 g/mol. The van der Waals surface area contributed by atoms with E-state index in [0.29, 0.717) is 6.61 Å². The zero-order valence-corrected chi connectivity index (χ0v) is 8.36. The van der Waals surface area contributed by atoms with Crippen LogP contribution in [0.3, 0.4) is 0 Å². The van der Waals surface area contributed by atoms with Crippen molar-refractivity contribution in [2.24, 2.45) is 0 Å². The third kappa shape index (κ3) is 3.39. The third-order valence-electron chi connectivity index (χ3n) is 1.86. The molecule has 0 radical (unpaired) electrons. The maximum Gasteiger partial charge on any atom is 0.141 e. The van der Waals surface area contributed by atoms with Gasteiger partial charge in [0.15, 0.2) is 0 Å². The molecule has 0 aromatic rings. The first-order valence-corrected chi connectivity index (χ1v) is 6.13. The van der Waals surface area contributed by atoms with Crippen LogP contribution in [0.1, 0.15) is 26.2 Å². The zero-order valence-electron chi connectivity index (χ0n) is 7.54. The SMILES string of the molecule is CCO/C([O-])=C/[S+]1CCCCC1. The second-order valence-corrected chi connectivity index (χ2v) is 5.00. The predicted molar refractivity (Wildman–Crippen MR) is 50.7 cm³/mol. The van der Waals surface area contributed by atoms with Crippen LogP contribution >= 0.6 is 0 Å². The molecule has 3 heteroatoms. The normalized spacial score (nSPS) is 20.9. The van der Waals surface area contributed by atoms with Gasteiger partial charge in [0, 0.05) is 10.9 Å². The molecular formula is C9H16O2S. The lowest BCUT2D eigenvalue weighted by atomic mass is 10.3. The summed E-state index contributed by atoms with van der Waals surface area (Å²) >= 11 is 0. The van der Waals surface area contributed by atoms with Crippen molar-refractivity contribution in [3.05, 3.63) is 11.4 Å². The Hall–Kier alpha value is -0.310. The minimum Gasteiger partial charge on any atom is -0.611 e. The molecule has 0 aliphatic carbocycles. The van der Waals surface area contributed by atoms with E-state index in [1.54, 1.807) is 5.41 Å². The standard InChI is InChI=1S/C9H16O2S/c1-2-11-9(10)8-12-6-4-3-5-7-12/h8H,2-7H2,1H3/b9-8+. The van der Waals surface area contributed by atoms with Crippen LogP contribution in [-0.2, 0) is 15.6 Å². The molecule has 1 saturated heterocycles. The summed E-state index contributed by atoms with van der Waals surface area (Å²) in [4.78, 5) is 0. The molecule has 1 heterocycles. The average molecular weight is 188 g/mol. The van der Waals surface area contributed by atoms with E-state index in [9.17, 15) is 5.11 Å². The number of hydrogen-bond donors (Lipinski definition) is 0. The van der Waals surface area contributed by atoms with Crippen LogP contribution in [0.15, 0.2) is 11.4 Å². The smallest absolute Gasteiger partial charge is 0.141 e. The summed E-state index contributed by atoms with van der Waals surface area (Å²) in [5.74, 6) is 2.26. The molecule has 0 aromatic carbocycles. The highest BCUT2D eigenvalue weighted by atomic mass is 32.2. The Morgan fingerprint density at radius 2 is 2.08 bits per heavy atom. The van der Waals surface area contributed by atoms with E-state index in [1.807, 2.05) is 6.92 Å². The van der Waals surface area contributed by atoms with Gasteiger partial charge in [-0.1, -0.05) is 6.92 Å². The lowest BCUT2D eigenvalue weighted by molar-refractivity contribution is -0.356. The van der Waals surface area contributed by atoms with Gasteiger partial charge in [0.25, 0.3) is 0 Å². The summed E-state index contributed by atoms with van der Waals surface area (Å²) in [6, 6.07) is 0. The molecule has 0 amide bonds. The molecule has 12 heavy (non-hydrogen) atoms. The molecule has 1 fully saturated rings. The Balaban J connectivity index is 2.31. The maximum absolute atomic E-state index is 11.0. The van der Waals surface area contributed by atoms with Gasteiger partial charge in [-0.05, 0) is 25.9 Å². The fourth-order valence-corrected chi connectivity index (χ4v) is 3.21. The highest BCUT2D eigenvalue weighted by molar-refractivity contribution is 7.99. The minimum absolute atomic E-state index is 0.122. The van der Waals surface area contributed by atoms with E-state index in [2.05, 4.69) is 0 Å². The molecule has 0 aromatic heterocycles. The van der Waals surface area contributed by atoms with Gasteiger partial charge in [0.1, 0.15) is 22.9 Å². The van der Waals surface area contributed by atoms with Gasteiger partial charge >= 0.3 is 0 Å². The third-order valence-corrected chi connectivity index (χ3v) is 4.01. The van der Waals surface area contributed by atoms with Crippen LogP contribution < -0.4 is 5.11 Å². The van der Waals surface area contributed by atoms with Crippen LogP contribution in [0.5, 0.6) is 0 Å². The molecule has 2 nitrogen and oxygen atoms in total. The monoisotopic (exact) mass is 188 g/mol. The van der Waals surface area contributed by atoms with Crippen molar-refractivity contribution >= 4 is 10.9 Å². The summed E-state index contributed by atoms with van der Waals surface area (Å²) < 4.78 is 4.86. The summed E-state index contributed by atoms with van der Waals surface area (Å²) in [6.45, 7) is 2.34. The van der Waals surface area contributed by atoms with Crippen molar-refractivity contribution in [1.82, 2.24) is 0 Å². The van der Waals surface area contributed by atoms with E-state index >= 15 is 0 Å². The quantitative estimate of drug-likeness (QED) is 0.488. The summed E-state index contributed by atoms with van der Waals surface area (Å²) in [5.41, 5.74) is 0. The van der Waals surface area contributed by atoms with Gasteiger partial charge in [-0.25, -0.2) is 0 Å². The van der Waals surface area contributed by atoms with Crippen LogP contribution in [0.2, 0.25) is 0 Å². The molecule has 1 rings (SSSR count). The van der Waals surface area contributed by atoms with Crippen molar-refractivity contribution < 1.29 is 9.84 Å². The fraction of sp³-hybridized carbons (Fsp3) is 0.778. The molecule has 1 aliphatic rings. The average Bonchev–Trinajstić information content (AvgIpc) is 2.06. The molecule has 0 spiro atoms. The van der Waals surface area contributed by atoms with E-state index in [4.69, 9.17) is 4.74 Å². The highest BCUT2D eigenvalue weighted by Gasteiger charge is 2.18. The highest BCUT2D eigenvalue weighted by Crippen LogP contribution is 2.15. The first-order valence-electron chi connectivity index (χ1n) is 4.51. The zero-order chi connectivity index (χ0) is 8.81. The van der Waals surface area contributed by atoms with E-state index in [-0.39, 0.29) is 16.8 Å². The van der Waals surface area contributed by atoms with Crippen molar-refractivity contribution in [3.63, 3.8) is 0 Å². The minimum atomic E-state index is -0.122. The Morgan fingerprint density at radius 3 is 2.67 bits per heavy atom. The molecule has 70 valence electrons. The second kappa shape index (κ2) is 5.36. The lowest BCUT2D eigenvalue weighted by Gasteiger charge is -2.14. The van der Waals surface area contributed by atoms with E-state index < -0.39 is 0 Å². The van der Waals surface area contributed by atoms with E-state index in [0.717, 1.165) is 0 Å². The van der Waals surface area contributed by atoms with Crippen molar-refractivity contribution in [2.75, 3.05) is 18.1 Å². The molecule has 1 aliphatic heterocycles. The van der Waals surface area contributed by atoms with Gasteiger partial charge < -0.3 is 9.84 Å². The Labute approximate surface area is 77.0 Å². The van der Waals surface area contributed by atoms with Crippen molar-refractivity contribution in [3.8, 4) is 0 Å². The van der Waals surface area contributed by atoms with Crippen LogP contribution in [-0.4, -0.2) is 18.1 Å². The Morgan fingerprint density at radius 1 is 1.42 bits per heavy atom. The number of rotatable bonds is 3. The van der Waals surface area contributed by atoms with Gasteiger partial charge in [0.05, 0.1) is 0 Å². The van der Waals surface area contributed by atoms with Crippen molar-refractivity contribution in [1.29, 1.82) is 0 Å². The largest absolute Gasteiger partial charge is 0.611 e. The predicted octanol–water partition coefficient (Wildman–Crippen LogP) is 0.984. The molecule has 0 bridgehead atoms. The second-order valence-electron chi connectivity index (χ2n) is 2.88. The molecule has 0 atom stereocenters. The Kier molecular flexibility index (Phi) is 4.36. The fourth-order valence-electron chi connectivity index (χ4n) is 1.28. The van der Waals surface area contributed by atoms with Gasteiger partial charge in [-0.3, -0.25) is 0 Å². The number of ether oxygens (including phenoxy) is 1. The first kappa shape index (κ1) is 9.78. The topological polar surface area (TPSA) is 32.3 Å². The number of hydrogen-bond acceptors (Lipinski definition) is 2. The lowest BCUT2D eigenvalue weighted by Crippen LogP contribution is -2.18. The van der Waals surface area contributed by atoms with Crippen molar-refractivity contribution in [2.45, 2.75) is 26.2 Å². The molecule has 0 unspecified atom stereocenters. The summed E-state index contributed by atoms with van der Waals surface area (Å²) in [6.07, 6.45) is 3.89. The molecule has 0 saturated carbocycles. The van der Waals surface area contributed by atoms with Gasteiger partial charge in [-0.2, -0.15) is 0 Å². The summed E-state index contributed by atoms with van der Waals surface area (Å²) in [7, 11) is 0.224. The van der Waals surface area contributed by atoms with Crippen LogP contribution in [0, 0.1) is 0 Å². The van der Waals surface area contributed by atoms with Crippen LogP contribution in [0.25, 0.3) is 0 Å². The van der Waals surface area contributed by atoms with Gasteiger partial charge in [-0.15, -0.1) is 0 Å².